The van der Waals surface area contributed by atoms with Gasteiger partial charge in [-0.05, 0) is 44.2 Å². The minimum atomic E-state index is 0.251. The molecule has 1 rings (SSSR count). The molecule has 0 bridgehead atoms. The molecule has 1 fully saturated rings. The minimum Gasteiger partial charge on any atom is -0.327 e. The van der Waals surface area contributed by atoms with Gasteiger partial charge in [-0.25, -0.2) is 0 Å². The monoisotopic (exact) mass is 212 g/mol. The summed E-state index contributed by atoms with van der Waals surface area (Å²) in [6.07, 6.45) is 5.22. The fourth-order valence-electron chi connectivity index (χ4n) is 1.94. The molecule has 0 aromatic heterocycles. The molecule has 2 heteroatoms. The Balaban J connectivity index is 2.26. The molecular weight excluding hydrogens is 184 g/mol. The molecule has 0 aromatic carbocycles. The van der Waals surface area contributed by atoms with E-state index in [4.69, 9.17) is 5.73 Å². The largest absolute Gasteiger partial charge is 0.327 e. The topological polar surface area (TPSA) is 29.3 Å². The second-order valence-corrected chi connectivity index (χ2v) is 6.03. The molecule has 0 aliphatic heterocycles. The maximum Gasteiger partial charge on any atom is 0.00998 e. The van der Waals surface area contributed by atoms with E-state index >= 15 is 0 Å². The zero-order valence-corrected chi connectivity index (χ0v) is 10.9. The summed E-state index contributed by atoms with van der Waals surface area (Å²) in [4.78, 5) is 2.63. The third kappa shape index (κ3) is 4.52. The van der Waals surface area contributed by atoms with Gasteiger partial charge in [0.25, 0.3) is 0 Å². The summed E-state index contributed by atoms with van der Waals surface area (Å²) in [7, 11) is 0. The van der Waals surface area contributed by atoms with Gasteiger partial charge in [0.2, 0.25) is 0 Å². The zero-order valence-electron chi connectivity index (χ0n) is 10.9. The van der Waals surface area contributed by atoms with E-state index in [0.717, 1.165) is 12.5 Å². The van der Waals surface area contributed by atoms with Crippen LogP contribution in [0.1, 0.15) is 53.4 Å². The quantitative estimate of drug-likeness (QED) is 0.733. The van der Waals surface area contributed by atoms with Crippen molar-refractivity contribution in [3.8, 4) is 0 Å². The van der Waals surface area contributed by atoms with Gasteiger partial charge < -0.3 is 10.6 Å². The number of nitrogens with two attached hydrogens (primary N) is 1. The van der Waals surface area contributed by atoms with E-state index in [0.29, 0.717) is 6.04 Å². The van der Waals surface area contributed by atoms with Crippen LogP contribution in [0.25, 0.3) is 0 Å². The predicted molar refractivity (Wildman–Crippen MR) is 66.9 cm³/mol. The van der Waals surface area contributed by atoms with Gasteiger partial charge >= 0.3 is 0 Å². The highest BCUT2D eigenvalue weighted by Crippen LogP contribution is 2.28. The van der Waals surface area contributed by atoms with Crippen LogP contribution in [0.15, 0.2) is 0 Å². The molecule has 1 saturated carbocycles. The van der Waals surface area contributed by atoms with Crippen molar-refractivity contribution in [2.24, 2.45) is 11.1 Å². The van der Waals surface area contributed by atoms with Gasteiger partial charge in [0.1, 0.15) is 0 Å². The van der Waals surface area contributed by atoms with Gasteiger partial charge in [-0.15, -0.1) is 0 Å². The smallest absolute Gasteiger partial charge is 0.00998 e. The summed E-state index contributed by atoms with van der Waals surface area (Å²) in [5.74, 6) is 0. The zero-order chi connectivity index (χ0) is 11.5. The van der Waals surface area contributed by atoms with Crippen molar-refractivity contribution < 1.29 is 0 Å². The van der Waals surface area contributed by atoms with Crippen molar-refractivity contribution in [2.45, 2.75) is 65.5 Å². The van der Waals surface area contributed by atoms with Crippen molar-refractivity contribution in [2.75, 3.05) is 13.1 Å². The minimum absolute atomic E-state index is 0.251. The number of hydrogen-bond acceptors (Lipinski definition) is 2. The van der Waals surface area contributed by atoms with Crippen LogP contribution >= 0.6 is 0 Å². The summed E-state index contributed by atoms with van der Waals surface area (Å²) in [6.45, 7) is 11.4. The van der Waals surface area contributed by atoms with Crippen LogP contribution in [0.2, 0.25) is 0 Å². The first-order valence-corrected chi connectivity index (χ1v) is 6.44. The molecule has 15 heavy (non-hydrogen) atoms. The Hall–Kier alpha value is -0.0800. The highest BCUT2D eigenvalue weighted by Gasteiger charge is 2.29. The third-order valence-electron chi connectivity index (χ3n) is 3.41. The molecule has 1 unspecified atom stereocenters. The van der Waals surface area contributed by atoms with E-state index in [9.17, 15) is 0 Å². The Morgan fingerprint density at radius 3 is 2.27 bits per heavy atom. The Morgan fingerprint density at radius 1 is 1.27 bits per heavy atom. The summed E-state index contributed by atoms with van der Waals surface area (Å²) >= 11 is 0. The highest BCUT2D eigenvalue weighted by molar-refractivity contribution is 4.86. The molecule has 2 N–H and O–H groups in total. The highest BCUT2D eigenvalue weighted by atomic mass is 15.2. The second-order valence-electron chi connectivity index (χ2n) is 6.03. The molecule has 0 amide bonds. The lowest BCUT2D eigenvalue weighted by Gasteiger charge is -2.30. The molecule has 0 spiro atoms. The van der Waals surface area contributed by atoms with E-state index in [1.807, 2.05) is 0 Å². The van der Waals surface area contributed by atoms with E-state index in [1.54, 1.807) is 0 Å². The SMILES string of the molecule is CCCN(CCC(N)C(C)(C)C)C1CC1. The molecule has 90 valence electrons. The summed E-state index contributed by atoms with van der Waals surface area (Å²) in [6, 6.07) is 1.22. The predicted octanol–water partition coefficient (Wildman–Crippen LogP) is 2.62. The average molecular weight is 212 g/mol. The Bertz CT molecular complexity index is 179. The van der Waals surface area contributed by atoms with Crippen LogP contribution < -0.4 is 5.73 Å². The summed E-state index contributed by atoms with van der Waals surface area (Å²) in [5.41, 5.74) is 6.44. The molecule has 2 nitrogen and oxygen atoms in total. The van der Waals surface area contributed by atoms with Gasteiger partial charge in [-0.1, -0.05) is 27.7 Å². The van der Waals surface area contributed by atoms with Gasteiger partial charge in [0.05, 0.1) is 0 Å². The Morgan fingerprint density at radius 2 is 1.87 bits per heavy atom. The van der Waals surface area contributed by atoms with Crippen LogP contribution in [0.4, 0.5) is 0 Å². The molecule has 0 aromatic rings. The van der Waals surface area contributed by atoms with Crippen LogP contribution in [-0.4, -0.2) is 30.1 Å². The van der Waals surface area contributed by atoms with Gasteiger partial charge in [-0.3, -0.25) is 0 Å². The summed E-state index contributed by atoms with van der Waals surface area (Å²) < 4.78 is 0. The van der Waals surface area contributed by atoms with Crippen LogP contribution in [0.3, 0.4) is 0 Å². The van der Waals surface area contributed by atoms with Crippen molar-refractivity contribution in [3.05, 3.63) is 0 Å². The number of hydrogen-bond donors (Lipinski definition) is 1. The maximum absolute atomic E-state index is 6.19. The molecular formula is C13H28N2. The second kappa shape index (κ2) is 5.31. The molecule has 0 radical (unpaired) electrons. The molecule has 0 heterocycles. The fraction of sp³-hybridized carbons (Fsp3) is 1.00. The lowest BCUT2D eigenvalue weighted by atomic mass is 9.85. The van der Waals surface area contributed by atoms with Crippen molar-refractivity contribution >= 4 is 0 Å². The first-order chi connectivity index (χ1) is 6.95. The lowest BCUT2D eigenvalue weighted by molar-refractivity contribution is 0.221. The van der Waals surface area contributed by atoms with Gasteiger partial charge in [-0.2, -0.15) is 0 Å². The summed E-state index contributed by atoms with van der Waals surface area (Å²) in [5, 5.41) is 0. The van der Waals surface area contributed by atoms with Crippen molar-refractivity contribution in [3.63, 3.8) is 0 Å². The third-order valence-corrected chi connectivity index (χ3v) is 3.41. The number of nitrogens with zero attached hydrogens (tertiary/aromatic N) is 1. The van der Waals surface area contributed by atoms with E-state index in [1.165, 1.54) is 32.4 Å². The number of rotatable bonds is 6. The first kappa shape index (κ1) is 13.0. The molecule has 0 saturated heterocycles. The standard InChI is InChI=1S/C13H28N2/c1-5-9-15(11-6-7-11)10-8-12(14)13(2,3)4/h11-12H,5-10,14H2,1-4H3. The Kier molecular flexibility index (Phi) is 4.60. The van der Waals surface area contributed by atoms with E-state index in [-0.39, 0.29) is 5.41 Å². The average Bonchev–Trinajstić information content (AvgIpc) is 2.93. The molecule has 1 aliphatic carbocycles. The lowest BCUT2D eigenvalue weighted by Crippen LogP contribution is -2.39. The van der Waals surface area contributed by atoms with Gasteiger partial charge in [0.15, 0.2) is 0 Å². The molecule has 1 atom stereocenters. The Labute approximate surface area is 95.2 Å². The van der Waals surface area contributed by atoms with Crippen molar-refractivity contribution in [1.29, 1.82) is 0 Å². The molecule has 1 aliphatic rings. The van der Waals surface area contributed by atoms with Crippen LogP contribution in [0.5, 0.6) is 0 Å². The normalized spacial score (nSPS) is 19.6. The maximum atomic E-state index is 6.19. The van der Waals surface area contributed by atoms with Crippen LogP contribution in [0, 0.1) is 5.41 Å². The van der Waals surface area contributed by atoms with E-state index < -0.39 is 0 Å². The first-order valence-electron chi connectivity index (χ1n) is 6.44. The van der Waals surface area contributed by atoms with Gasteiger partial charge in [0, 0.05) is 12.1 Å². The fourth-order valence-corrected chi connectivity index (χ4v) is 1.94. The van der Waals surface area contributed by atoms with E-state index in [2.05, 4.69) is 32.6 Å². The van der Waals surface area contributed by atoms with Crippen LogP contribution in [-0.2, 0) is 0 Å². The van der Waals surface area contributed by atoms with Crippen molar-refractivity contribution in [1.82, 2.24) is 4.90 Å².